The maximum Gasteiger partial charge on any atom is 0.229 e. The topological polar surface area (TPSA) is 60.8 Å². The molecule has 0 bridgehead atoms. The highest BCUT2D eigenvalue weighted by molar-refractivity contribution is 5.96. The van der Waals surface area contributed by atoms with E-state index < -0.39 is 17.7 Å². The lowest BCUT2D eigenvalue weighted by molar-refractivity contribution is -0.117. The molecule has 1 aromatic carbocycles. The third kappa shape index (κ3) is 1.78. The predicted molar refractivity (Wildman–Crippen MR) is 51.0 cm³/mol. The smallest absolute Gasteiger partial charge is 0.229 e. The normalized spacial score (nSPS) is 21.1. The van der Waals surface area contributed by atoms with Crippen LogP contribution in [0, 0.1) is 5.82 Å². The first-order chi connectivity index (χ1) is 7.08. The third-order valence-corrected chi connectivity index (χ3v) is 2.35. The van der Waals surface area contributed by atoms with E-state index in [4.69, 9.17) is 5.11 Å². The second kappa shape index (κ2) is 3.51. The van der Waals surface area contributed by atoms with Crippen molar-refractivity contribution in [1.82, 2.24) is 0 Å². The monoisotopic (exact) mass is 211 g/mol. The maximum atomic E-state index is 12.8. The third-order valence-electron chi connectivity index (χ3n) is 2.35. The van der Waals surface area contributed by atoms with Crippen molar-refractivity contribution in [2.45, 2.75) is 12.5 Å². The number of benzene rings is 1. The van der Waals surface area contributed by atoms with Crippen molar-refractivity contribution >= 4 is 11.6 Å². The highest BCUT2D eigenvalue weighted by Gasteiger charge is 2.29. The summed E-state index contributed by atoms with van der Waals surface area (Å²) in [6, 6.07) is 3.65. The Morgan fingerprint density at radius 2 is 2.20 bits per heavy atom. The maximum absolute atomic E-state index is 12.8. The average molecular weight is 211 g/mol. The number of carbonyl (C=O) groups excluding carboxylic acids is 1. The van der Waals surface area contributed by atoms with E-state index in [2.05, 4.69) is 0 Å². The quantitative estimate of drug-likeness (QED) is 0.716. The molecule has 0 spiro atoms. The molecule has 1 atom stereocenters. The van der Waals surface area contributed by atoms with Gasteiger partial charge < -0.3 is 15.1 Å². The number of phenols is 1. The summed E-state index contributed by atoms with van der Waals surface area (Å²) in [7, 11) is 0. The van der Waals surface area contributed by atoms with E-state index in [-0.39, 0.29) is 18.9 Å². The van der Waals surface area contributed by atoms with E-state index in [0.717, 1.165) is 6.07 Å². The minimum atomic E-state index is -0.731. The second-order valence-corrected chi connectivity index (χ2v) is 3.50. The molecule has 2 rings (SSSR count). The molecule has 15 heavy (non-hydrogen) atoms. The Morgan fingerprint density at radius 3 is 2.73 bits per heavy atom. The van der Waals surface area contributed by atoms with Crippen LogP contribution in [0.3, 0.4) is 0 Å². The van der Waals surface area contributed by atoms with Gasteiger partial charge in [-0.3, -0.25) is 4.79 Å². The zero-order valence-electron chi connectivity index (χ0n) is 7.85. The van der Waals surface area contributed by atoms with E-state index in [0.29, 0.717) is 5.69 Å². The summed E-state index contributed by atoms with van der Waals surface area (Å²) in [6.07, 6.45) is -0.622. The van der Waals surface area contributed by atoms with Crippen LogP contribution in [0.15, 0.2) is 18.2 Å². The minimum absolute atomic E-state index is 0.0676. The van der Waals surface area contributed by atoms with E-state index in [1.807, 2.05) is 0 Å². The molecule has 0 radical (unpaired) electrons. The number of hydrogen-bond acceptors (Lipinski definition) is 3. The first-order valence-corrected chi connectivity index (χ1v) is 4.55. The van der Waals surface area contributed by atoms with E-state index >= 15 is 0 Å². The second-order valence-electron chi connectivity index (χ2n) is 3.50. The van der Waals surface area contributed by atoms with Crippen molar-refractivity contribution in [2.75, 3.05) is 11.4 Å². The molecule has 4 nitrogen and oxygen atoms in total. The number of aliphatic hydroxyl groups is 1. The van der Waals surface area contributed by atoms with Gasteiger partial charge in [-0.15, -0.1) is 0 Å². The Morgan fingerprint density at radius 1 is 1.47 bits per heavy atom. The zero-order chi connectivity index (χ0) is 11.0. The number of aliphatic hydroxyl groups excluding tert-OH is 1. The van der Waals surface area contributed by atoms with E-state index in [1.165, 1.54) is 17.0 Å². The standard InChI is InChI=1S/C10H10FNO3/c11-8-2-1-6(3-9(8)14)12-5-7(13)4-10(12)15/h1-3,7,13-14H,4-5H2. The highest BCUT2D eigenvalue weighted by Crippen LogP contribution is 2.26. The van der Waals surface area contributed by atoms with Crippen molar-refractivity contribution in [3.8, 4) is 5.75 Å². The van der Waals surface area contributed by atoms with Crippen LogP contribution in [0.5, 0.6) is 5.75 Å². The molecule has 1 heterocycles. The number of phenolic OH excluding ortho intramolecular Hbond substituents is 1. The lowest BCUT2D eigenvalue weighted by atomic mass is 10.2. The Bertz CT molecular complexity index is 408. The summed E-state index contributed by atoms with van der Waals surface area (Å²) in [5, 5.41) is 18.4. The summed E-state index contributed by atoms with van der Waals surface area (Å²) in [5.41, 5.74) is 0.399. The first kappa shape index (κ1) is 9.92. The highest BCUT2D eigenvalue weighted by atomic mass is 19.1. The van der Waals surface area contributed by atoms with Gasteiger partial charge in [0.15, 0.2) is 11.6 Å². The average Bonchev–Trinajstić information content (AvgIpc) is 2.50. The van der Waals surface area contributed by atoms with Crippen LogP contribution in [0.2, 0.25) is 0 Å². The number of halogens is 1. The van der Waals surface area contributed by atoms with Gasteiger partial charge in [-0.25, -0.2) is 4.39 Å². The van der Waals surface area contributed by atoms with E-state index in [9.17, 15) is 14.3 Å². The Balaban J connectivity index is 2.30. The van der Waals surface area contributed by atoms with Gasteiger partial charge >= 0.3 is 0 Å². The number of hydrogen-bond donors (Lipinski definition) is 2. The molecule has 1 saturated heterocycles. The molecule has 0 aromatic heterocycles. The Kier molecular flexibility index (Phi) is 2.32. The van der Waals surface area contributed by atoms with Gasteiger partial charge in [0.25, 0.3) is 0 Å². The Labute approximate surface area is 85.6 Å². The van der Waals surface area contributed by atoms with Gasteiger partial charge in [-0.2, -0.15) is 0 Å². The van der Waals surface area contributed by atoms with Crippen molar-refractivity contribution in [3.63, 3.8) is 0 Å². The van der Waals surface area contributed by atoms with Gasteiger partial charge in [-0.05, 0) is 12.1 Å². The molecule has 1 amide bonds. The predicted octanol–water partition coefficient (Wildman–Crippen LogP) is 0.629. The Hall–Kier alpha value is -1.62. The van der Waals surface area contributed by atoms with Crippen molar-refractivity contribution in [2.24, 2.45) is 0 Å². The largest absolute Gasteiger partial charge is 0.505 e. The van der Waals surface area contributed by atoms with Gasteiger partial charge in [0, 0.05) is 11.8 Å². The summed E-state index contributed by atoms with van der Waals surface area (Å²) >= 11 is 0. The molecule has 1 aliphatic rings. The fraction of sp³-hybridized carbons (Fsp3) is 0.300. The molecule has 1 unspecified atom stereocenters. The van der Waals surface area contributed by atoms with Crippen LogP contribution in [0.25, 0.3) is 0 Å². The fourth-order valence-corrected chi connectivity index (χ4v) is 1.61. The molecule has 0 saturated carbocycles. The van der Waals surface area contributed by atoms with E-state index in [1.54, 1.807) is 0 Å². The summed E-state index contributed by atoms with van der Waals surface area (Å²) in [4.78, 5) is 12.7. The van der Waals surface area contributed by atoms with Crippen LogP contribution < -0.4 is 4.90 Å². The molecule has 80 valence electrons. The molecular weight excluding hydrogens is 201 g/mol. The molecule has 0 aliphatic carbocycles. The molecule has 1 aromatic rings. The van der Waals surface area contributed by atoms with Crippen LogP contribution in [0.4, 0.5) is 10.1 Å². The van der Waals surface area contributed by atoms with Crippen molar-refractivity contribution in [1.29, 1.82) is 0 Å². The number of nitrogens with zero attached hydrogens (tertiary/aromatic N) is 1. The number of anilines is 1. The lowest BCUT2D eigenvalue weighted by Gasteiger charge is -2.15. The van der Waals surface area contributed by atoms with Crippen LogP contribution in [0.1, 0.15) is 6.42 Å². The minimum Gasteiger partial charge on any atom is -0.505 e. The number of carbonyl (C=O) groups is 1. The number of β-amino-alcohol motifs (C(OH)–C–C–N with tert-alkyl or cyclic N) is 1. The molecule has 5 heteroatoms. The molecule has 2 N–H and O–H groups in total. The SMILES string of the molecule is O=C1CC(O)CN1c1ccc(F)c(O)c1. The fourth-order valence-electron chi connectivity index (χ4n) is 1.61. The van der Waals surface area contributed by atoms with Gasteiger partial charge in [-0.1, -0.05) is 0 Å². The van der Waals surface area contributed by atoms with Crippen LogP contribution >= 0.6 is 0 Å². The number of amides is 1. The van der Waals surface area contributed by atoms with Gasteiger partial charge in [0.2, 0.25) is 5.91 Å². The number of rotatable bonds is 1. The zero-order valence-corrected chi connectivity index (χ0v) is 7.85. The summed E-state index contributed by atoms with van der Waals surface area (Å²) in [5.74, 6) is -1.46. The van der Waals surface area contributed by atoms with Crippen LogP contribution in [-0.4, -0.2) is 28.8 Å². The van der Waals surface area contributed by atoms with Gasteiger partial charge in [0.1, 0.15) is 0 Å². The summed E-state index contributed by atoms with van der Waals surface area (Å²) in [6.45, 7) is 0.184. The molecule has 1 fully saturated rings. The van der Waals surface area contributed by atoms with Gasteiger partial charge in [0.05, 0.1) is 19.1 Å². The first-order valence-electron chi connectivity index (χ1n) is 4.55. The van der Waals surface area contributed by atoms with Crippen LogP contribution in [-0.2, 0) is 4.79 Å². The van der Waals surface area contributed by atoms with Crippen molar-refractivity contribution in [3.05, 3.63) is 24.0 Å². The number of aromatic hydroxyl groups is 1. The molecule has 1 aliphatic heterocycles. The molecular formula is C10H10FNO3. The van der Waals surface area contributed by atoms with Crippen molar-refractivity contribution < 1.29 is 19.4 Å². The summed E-state index contributed by atoms with van der Waals surface area (Å²) < 4.78 is 12.8. The lowest BCUT2D eigenvalue weighted by Crippen LogP contribution is -2.25.